The summed E-state index contributed by atoms with van der Waals surface area (Å²) in [4.78, 5) is 2.56. The van der Waals surface area contributed by atoms with E-state index in [9.17, 15) is 0 Å². The van der Waals surface area contributed by atoms with Crippen LogP contribution in [0.2, 0.25) is 0 Å². The summed E-state index contributed by atoms with van der Waals surface area (Å²) in [6, 6.07) is 73.4. The fourth-order valence-electron chi connectivity index (χ4n) is 9.47. The van der Waals surface area contributed by atoms with Crippen molar-refractivity contribution in [2.45, 2.75) is 0 Å². The summed E-state index contributed by atoms with van der Waals surface area (Å²) >= 11 is 3.82. The van der Waals surface area contributed by atoms with Gasteiger partial charge in [0.15, 0.2) is 0 Å². The standard InChI is InChI=1S/C54H33N3S2/c1-4-17-36(18-5-1)55-45-26-13-12-24-40(45)43-30-48-44(31-47(43)55)42-29-35(27-28-46(42)56(48)37-19-6-2-7-20-37)51-32-49-53(58-51)54-50(57(49)38-21-8-3-9-22-38)33-52(59-54)41-25-14-16-34-15-10-11-23-39(34)41/h1-33H. The number of nitrogens with zero attached hydrogens (tertiary/aromatic N) is 3. The lowest BCUT2D eigenvalue weighted by Gasteiger charge is -2.09. The molecule has 0 saturated heterocycles. The molecule has 0 bridgehead atoms. The predicted molar refractivity (Wildman–Crippen MR) is 254 cm³/mol. The van der Waals surface area contributed by atoms with E-state index < -0.39 is 0 Å². The Morgan fingerprint density at radius 1 is 0.288 bits per heavy atom. The van der Waals surface area contributed by atoms with Crippen molar-refractivity contribution in [3.8, 4) is 37.9 Å². The molecule has 8 aromatic carbocycles. The highest BCUT2D eigenvalue weighted by molar-refractivity contribution is 7.30. The molecule has 0 saturated carbocycles. The van der Waals surface area contributed by atoms with E-state index in [0.29, 0.717) is 0 Å². The van der Waals surface area contributed by atoms with Crippen molar-refractivity contribution < 1.29 is 0 Å². The van der Waals surface area contributed by atoms with Gasteiger partial charge in [-0.1, -0.05) is 121 Å². The Labute approximate surface area is 347 Å². The minimum Gasteiger partial charge on any atom is -0.309 e. The van der Waals surface area contributed by atoms with Gasteiger partial charge in [-0.2, -0.15) is 0 Å². The molecule has 0 radical (unpaired) electrons. The maximum atomic E-state index is 2.47. The number of fused-ring (bicyclic) bond motifs is 10. The van der Waals surface area contributed by atoms with E-state index in [2.05, 4.69) is 214 Å². The van der Waals surface area contributed by atoms with Gasteiger partial charge in [0, 0.05) is 48.4 Å². The maximum absolute atomic E-state index is 2.47. The van der Waals surface area contributed by atoms with Crippen molar-refractivity contribution in [2.24, 2.45) is 0 Å². The quantitative estimate of drug-likeness (QED) is 0.165. The predicted octanol–water partition coefficient (Wildman–Crippen LogP) is 15.6. The molecule has 13 aromatic rings. The smallest absolute Gasteiger partial charge is 0.0711 e. The fraction of sp³-hybridized carbons (Fsp3) is 0. The molecular weight excluding hydrogens is 755 g/mol. The van der Waals surface area contributed by atoms with Gasteiger partial charge >= 0.3 is 0 Å². The second kappa shape index (κ2) is 12.7. The van der Waals surface area contributed by atoms with Crippen LogP contribution >= 0.6 is 22.7 Å². The minimum absolute atomic E-state index is 1.16. The van der Waals surface area contributed by atoms with Crippen molar-refractivity contribution in [1.29, 1.82) is 0 Å². The highest BCUT2D eigenvalue weighted by Gasteiger charge is 2.23. The van der Waals surface area contributed by atoms with E-state index in [1.54, 1.807) is 0 Å². The number of hydrogen-bond donors (Lipinski definition) is 0. The minimum atomic E-state index is 1.16. The third-order valence-corrected chi connectivity index (χ3v) is 14.5. The molecule has 3 nitrogen and oxygen atoms in total. The van der Waals surface area contributed by atoms with Crippen LogP contribution in [-0.2, 0) is 0 Å². The van der Waals surface area contributed by atoms with Crippen LogP contribution < -0.4 is 0 Å². The van der Waals surface area contributed by atoms with E-state index in [1.165, 1.54) is 101 Å². The first-order valence-electron chi connectivity index (χ1n) is 20.0. The van der Waals surface area contributed by atoms with Crippen LogP contribution in [0.15, 0.2) is 200 Å². The molecule has 0 aliphatic carbocycles. The first-order valence-corrected chi connectivity index (χ1v) is 21.6. The summed E-state index contributed by atoms with van der Waals surface area (Å²) in [5, 5.41) is 7.56. The van der Waals surface area contributed by atoms with Gasteiger partial charge in [-0.25, -0.2) is 0 Å². The third kappa shape index (κ3) is 4.86. The fourth-order valence-corrected chi connectivity index (χ4v) is 11.9. The van der Waals surface area contributed by atoms with Gasteiger partial charge in [-0.15, -0.1) is 22.7 Å². The Kier molecular flexibility index (Phi) is 7.05. The Hall–Kier alpha value is -7.18. The molecule has 0 aliphatic heterocycles. The molecule has 0 N–H and O–H groups in total. The first-order chi connectivity index (χ1) is 29.3. The molecule has 5 heterocycles. The molecule has 5 heteroatoms. The average Bonchev–Trinajstić information content (AvgIpc) is 4.11. The van der Waals surface area contributed by atoms with Crippen molar-refractivity contribution in [2.75, 3.05) is 0 Å². The summed E-state index contributed by atoms with van der Waals surface area (Å²) in [7, 11) is 0. The molecule has 0 amide bonds. The first kappa shape index (κ1) is 32.9. The lowest BCUT2D eigenvalue weighted by atomic mass is 10.0. The number of benzene rings is 8. The van der Waals surface area contributed by atoms with Gasteiger partial charge in [-0.05, 0) is 101 Å². The highest BCUT2D eigenvalue weighted by atomic mass is 32.1. The normalized spacial score (nSPS) is 12.1. The van der Waals surface area contributed by atoms with E-state index in [-0.39, 0.29) is 0 Å². The molecule has 0 aliphatic rings. The number of hydrogen-bond acceptors (Lipinski definition) is 2. The summed E-state index contributed by atoms with van der Waals surface area (Å²) in [6.07, 6.45) is 0. The van der Waals surface area contributed by atoms with Crippen molar-refractivity contribution in [1.82, 2.24) is 13.7 Å². The van der Waals surface area contributed by atoms with Crippen LogP contribution in [0.3, 0.4) is 0 Å². The van der Waals surface area contributed by atoms with E-state index in [0.717, 1.165) is 11.4 Å². The lowest BCUT2D eigenvalue weighted by Crippen LogP contribution is -1.94. The summed E-state index contributed by atoms with van der Waals surface area (Å²) < 4.78 is 10.00. The van der Waals surface area contributed by atoms with E-state index in [4.69, 9.17) is 0 Å². The van der Waals surface area contributed by atoms with Gasteiger partial charge < -0.3 is 13.7 Å². The van der Waals surface area contributed by atoms with Crippen LogP contribution in [0, 0.1) is 0 Å². The summed E-state index contributed by atoms with van der Waals surface area (Å²) in [6.45, 7) is 0. The zero-order valence-corrected chi connectivity index (χ0v) is 33.3. The van der Waals surface area contributed by atoms with Crippen molar-refractivity contribution in [3.05, 3.63) is 200 Å². The summed E-state index contributed by atoms with van der Waals surface area (Å²) in [5.41, 5.74) is 13.4. The number of para-hydroxylation sites is 4. The Balaban J connectivity index is 1.06. The molecule has 0 fully saturated rings. The molecule has 13 rings (SSSR count). The van der Waals surface area contributed by atoms with Crippen LogP contribution in [0.25, 0.3) is 113 Å². The molecule has 59 heavy (non-hydrogen) atoms. The third-order valence-electron chi connectivity index (χ3n) is 12.1. The largest absolute Gasteiger partial charge is 0.309 e. The van der Waals surface area contributed by atoms with Gasteiger partial charge in [0.05, 0.1) is 42.5 Å². The molecule has 276 valence electrons. The second-order valence-corrected chi connectivity index (χ2v) is 17.4. The SMILES string of the molecule is c1ccc(-n2c3ccccc3c3cc4c(cc32)c2cc(-c3cc5c(s3)c3sc(-c6cccc7ccccc67)cc3n5-c3ccccc3)ccc2n4-c2ccccc2)cc1. The van der Waals surface area contributed by atoms with Crippen LogP contribution in [0.5, 0.6) is 0 Å². The molecular formula is C54H33N3S2. The zero-order valence-electron chi connectivity index (χ0n) is 31.7. The lowest BCUT2D eigenvalue weighted by molar-refractivity contribution is 1.17. The van der Waals surface area contributed by atoms with Gasteiger partial charge in [0.25, 0.3) is 0 Å². The Morgan fingerprint density at radius 2 is 0.763 bits per heavy atom. The molecule has 0 unspecified atom stereocenters. The summed E-state index contributed by atoms with van der Waals surface area (Å²) in [5.74, 6) is 0. The molecule has 5 aromatic heterocycles. The number of aromatic nitrogens is 3. The van der Waals surface area contributed by atoms with Crippen LogP contribution in [-0.4, -0.2) is 13.7 Å². The van der Waals surface area contributed by atoms with Gasteiger partial charge in [0.1, 0.15) is 0 Å². The van der Waals surface area contributed by atoms with Crippen molar-refractivity contribution >= 4 is 97.5 Å². The zero-order chi connectivity index (χ0) is 38.6. The monoisotopic (exact) mass is 787 g/mol. The molecule has 0 atom stereocenters. The maximum Gasteiger partial charge on any atom is 0.0711 e. The average molecular weight is 788 g/mol. The highest BCUT2D eigenvalue weighted by Crippen LogP contribution is 2.48. The van der Waals surface area contributed by atoms with Crippen LogP contribution in [0.1, 0.15) is 0 Å². The topological polar surface area (TPSA) is 14.8 Å². The Morgan fingerprint density at radius 3 is 1.42 bits per heavy atom. The number of rotatable bonds is 5. The number of thiophene rings is 2. The van der Waals surface area contributed by atoms with Crippen molar-refractivity contribution in [3.63, 3.8) is 0 Å². The van der Waals surface area contributed by atoms with E-state index in [1.807, 2.05) is 22.7 Å². The van der Waals surface area contributed by atoms with Crippen LogP contribution in [0.4, 0.5) is 0 Å². The van der Waals surface area contributed by atoms with Gasteiger partial charge in [-0.3, -0.25) is 0 Å². The van der Waals surface area contributed by atoms with E-state index >= 15 is 0 Å². The van der Waals surface area contributed by atoms with Gasteiger partial charge in [0.2, 0.25) is 0 Å². The Bertz CT molecular complexity index is 3760. The molecule has 0 spiro atoms. The second-order valence-electron chi connectivity index (χ2n) is 15.3.